The summed E-state index contributed by atoms with van der Waals surface area (Å²) in [6.07, 6.45) is 4.98. The monoisotopic (exact) mass is 229 g/mol. The Morgan fingerprint density at radius 3 is 2.92 bits per heavy atom. The van der Waals surface area contributed by atoms with Gasteiger partial charge in [0.1, 0.15) is 10.2 Å². The van der Waals surface area contributed by atoms with Gasteiger partial charge in [-0.3, -0.25) is 4.98 Å². The average Bonchev–Trinajstić information content (AvgIpc) is 2.53. The molecule has 0 aromatic carbocycles. The third-order valence-electron chi connectivity index (χ3n) is 1.19. The van der Waals surface area contributed by atoms with E-state index < -0.39 is 0 Å². The van der Waals surface area contributed by atoms with Gasteiger partial charge in [-0.2, -0.15) is 0 Å². The number of halogens is 1. The van der Waals surface area contributed by atoms with Crippen LogP contribution in [0.4, 0.5) is 0 Å². The lowest BCUT2D eigenvalue weighted by Gasteiger charge is -1.92. The Bertz CT molecular complexity index is 390. The molecule has 2 heterocycles. The molecule has 0 aliphatic heterocycles. The first-order valence-electron chi connectivity index (χ1n) is 3.39. The fourth-order valence-corrected chi connectivity index (χ4v) is 2.58. The lowest BCUT2D eigenvalue weighted by atomic mass is 10.8. The molecule has 3 nitrogen and oxygen atoms in total. The maximum absolute atomic E-state index is 5.68. The van der Waals surface area contributed by atoms with E-state index in [2.05, 4.69) is 15.0 Å². The van der Waals surface area contributed by atoms with E-state index >= 15 is 0 Å². The highest BCUT2D eigenvalue weighted by Crippen LogP contribution is 2.29. The molecule has 0 unspecified atom stereocenters. The van der Waals surface area contributed by atoms with E-state index in [9.17, 15) is 0 Å². The van der Waals surface area contributed by atoms with Crippen molar-refractivity contribution in [3.63, 3.8) is 0 Å². The Morgan fingerprint density at radius 2 is 2.31 bits per heavy atom. The van der Waals surface area contributed by atoms with Crippen molar-refractivity contribution in [2.75, 3.05) is 0 Å². The van der Waals surface area contributed by atoms with Crippen LogP contribution in [0.1, 0.15) is 0 Å². The van der Waals surface area contributed by atoms with Crippen molar-refractivity contribution in [2.45, 2.75) is 9.37 Å². The maximum Gasteiger partial charge on any atom is 0.157 e. The van der Waals surface area contributed by atoms with Crippen LogP contribution in [0.3, 0.4) is 0 Å². The van der Waals surface area contributed by atoms with Gasteiger partial charge in [0.05, 0.1) is 6.20 Å². The highest BCUT2D eigenvalue weighted by Gasteiger charge is 2.02. The van der Waals surface area contributed by atoms with Crippen molar-refractivity contribution in [3.05, 3.63) is 29.1 Å². The van der Waals surface area contributed by atoms with Crippen molar-refractivity contribution in [3.8, 4) is 0 Å². The van der Waals surface area contributed by atoms with Gasteiger partial charge < -0.3 is 0 Å². The molecule has 0 aliphatic rings. The van der Waals surface area contributed by atoms with Gasteiger partial charge >= 0.3 is 0 Å². The van der Waals surface area contributed by atoms with Crippen molar-refractivity contribution >= 4 is 34.7 Å². The molecule has 0 spiro atoms. The van der Waals surface area contributed by atoms with Crippen LogP contribution in [-0.2, 0) is 0 Å². The SMILES string of the molecule is Clc1csc(Sc2cnccn2)n1. The molecule has 0 fully saturated rings. The number of aromatic nitrogens is 3. The molecule has 0 aliphatic carbocycles. The van der Waals surface area contributed by atoms with E-state index in [0.717, 1.165) is 9.37 Å². The van der Waals surface area contributed by atoms with Gasteiger partial charge in [-0.05, 0) is 11.8 Å². The molecular formula is C7H4ClN3S2. The molecule has 2 aromatic heterocycles. The van der Waals surface area contributed by atoms with Crippen LogP contribution >= 0.6 is 34.7 Å². The first kappa shape index (κ1) is 8.93. The molecule has 2 rings (SSSR count). The van der Waals surface area contributed by atoms with Gasteiger partial charge in [-0.15, -0.1) is 11.3 Å². The smallest absolute Gasteiger partial charge is 0.157 e. The molecule has 0 saturated heterocycles. The van der Waals surface area contributed by atoms with Crippen molar-refractivity contribution in [1.29, 1.82) is 0 Å². The van der Waals surface area contributed by atoms with Crippen molar-refractivity contribution < 1.29 is 0 Å². The standard InChI is InChI=1S/C7H4ClN3S2/c8-5-4-12-7(11-5)13-6-3-9-1-2-10-6/h1-4H. The number of nitrogens with zero attached hydrogens (tertiary/aromatic N) is 3. The van der Waals surface area contributed by atoms with Crippen molar-refractivity contribution in [1.82, 2.24) is 15.0 Å². The highest BCUT2D eigenvalue weighted by atomic mass is 35.5. The first-order valence-corrected chi connectivity index (χ1v) is 5.47. The van der Waals surface area contributed by atoms with Gasteiger partial charge in [0, 0.05) is 17.8 Å². The summed E-state index contributed by atoms with van der Waals surface area (Å²) in [6.45, 7) is 0. The zero-order valence-corrected chi connectivity index (χ0v) is 8.73. The normalized spacial score (nSPS) is 10.2. The van der Waals surface area contributed by atoms with E-state index in [1.165, 1.54) is 23.1 Å². The largest absolute Gasteiger partial charge is 0.260 e. The summed E-state index contributed by atoms with van der Waals surface area (Å²) in [5, 5.41) is 3.14. The molecule has 0 amide bonds. The van der Waals surface area contributed by atoms with Gasteiger partial charge in [-0.25, -0.2) is 9.97 Å². The van der Waals surface area contributed by atoms with Crippen LogP contribution in [0.15, 0.2) is 33.3 Å². The maximum atomic E-state index is 5.68. The van der Waals surface area contributed by atoms with Crippen LogP contribution in [0.2, 0.25) is 5.15 Å². The molecule has 0 saturated carbocycles. The van der Waals surface area contributed by atoms with Crippen LogP contribution in [0.5, 0.6) is 0 Å². The second-order valence-electron chi connectivity index (χ2n) is 2.08. The zero-order valence-electron chi connectivity index (χ0n) is 6.35. The summed E-state index contributed by atoms with van der Waals surface area (Å²) in [4.78, 5) is 12.1. The third kappa shape index (κ3) is 2.40. The summed E-state index contributed by atoms with van der Waals surface area (Å²) in [5.74, 6) is 0. The summed E-state index contributed by atoms with van der Waals surface area (Å²) in [7, 11) is 0. The lowest BCUT2D eigenvalue weighted by Crippen LogP contribution is -1.79. The second kappa shape index (κ2) is 4.04. The quantitative estimate of drug-likeness (QED) is 0.794. The van der Waals surface area contributed by atoms with Crippen molar-refractivity contribution in [2.24, 2.45) is 0 Å². The Labute approximate surface area is 88.2 Å². The summed E-state index contributed by atoms with van der Waals surface area (Å²) < 4.78 is 0.880. The summed E-state index contributed by atoms with van der Waals surface area (Å²) >= 11 is 8.63. The number of thiazole rings is 1. The van der Waals surface area contributed by atoms with E-state index in [0.29, 0.717) is 5.15 Å². The van der Waals surface area contributed by atoms with Gasteiger partial charge in [-0.1, -0.05) is 11.6 Å². The lowest BCUT2D eigenvalue weighted by molar-refractivity contribution is 1.05. The van der Waals surface area contributed by atoms with Gasteiger partial charge in [0.15, 0.2) is 4.34 Å². The van der Waals surface area contributed by atoms with Crippen LogP contribution in [0.25, 0.3) is 0 Å². The minimum atomic E-state index is 0.524. The van der Waals surface area contributed by atoms with E-state index in [4.69, 9.17) is 11.6 Å². The van der Waals surface area contributed by atoms with Crippen LogP contribution in [0, 0.1) is 0 Å². The molecular weight excluding hydrogens is 226 g/mol. The highest BCUT2D eigenvalue weighted by molar-refractivity contribution is 8.01. The Kier molecular flexibility index (Phi) is 2.77. The number of hydrogen-bond acceptors (Lipinski definition) is 5. The molecule has 13 heavy (non-hydrogen) atoms. The topological polar surface area (TPSA) is 38.7 Å². The minimum Gasteiger partial charge on any atom is -0.260 e. The Morgan fingerprint density at radius 1 is 1.38 bits per heavy atom. The second-order valence-corrected chi connectivity index (χ2v) is 4.59. The van der Waals surface area contributed by atoms with Crippen LogP contribution in [-0.4, -0.2) is 15.0 Å². The fourth-order valence-electron chi connectivity index (χ4n) is 0.713. The third-order valence-corrected chi connectivity index (χ3v) is 3.37. The van der Waals surface area contributed by atoms with E-state index in [1.54, 1.807) is 24.0 Å². The number of hydrogen-bond donors (Lipinski definition) is 0. The molecule has 66 valence electrons. The predicted molar refractivity (Wildman–Crippen MR) is 53.3 cm³/mol. The van der Waals surface area contributed by atoms with Gasteiger partial charge in [0.2, 0.25) is 0 Å². The number of rotatable bonds is 2. The molecule has 2 aromatic rings. The predicted octanol–water partition coefficient (Wildman–Crippen LogP) is 2.74. The Balaban J connectivity index is 2.15. The fraction of sp³-hybridized carbons (Fsp3) is 0. The molecule has 0 N–H and O–H groups in total. The summed E-state index contributed by atoms with van der Waals surface area (Å²) in [6, 6.07) is 0. The molecule has 6 heteroatoms. The zero-order chi connectivity index (χ0) is 9.10. The van der Waals surface area contributed by atoms with E-state index in [1.807, 2.05) is 0 Å². The average molecular weight is 230 g/mol. The minimum absolute atomic E-state index is 0.524. The van der Waals surface area contributed by atoms with Gasteiger partial charge in [0.25, 0.3) is 0 Å². The van der Waals surface area contributed by atoms with E-state index in [-0.39, 0.29) is 0 Å². The molecule has 0 radical (unpaired) electrons. The van der Waals surface area contributed by atoms with Crippen LogP contribution < -0.4 is 0 Å². The Hall–Kier alpha value is -0.650. The molecule has 0 bridgehead atoms. The first-order chi connectivity index (χ1) is 6.34. The molecule has 0 atom stereocenters. The summed E-state index contributed by atoms with van der Waals surface area (Å²) in [5.41, 5.74) is 0.